The molecule has 93 valence electrons. The number of aliphatic imine (C=N–C) groups is 1. The van der Waals surface area contributed by atoms with Crippen molar-refractivity contribution in [1.82, 2.24) is 0 Å². The van der Waals surface area contributed by atoms with E-state index >= 15 is 0 Å². The Balaban J connectivity index is 2.90. The molecule has 0 aliphatic rings. The van der Waals surface area contributed by atoms with Gasteiger partial charge >= 0.3 is 0 Å². The van der Waals surface area contributed by atoms with Crippen LogP contribution in [0.4, 0.5) is 0 Å². The molecular weight excluding hydrogens is 198 g/mol. The van der Waals surface area contributed by atoms with Gasteiger partial charge in [-0.2, -0.15) is 0 Å². The van der Waals surface area contributed by atoms with E-state index in [2.05, 4.69) is 11.9 Å². The molecule has 2 nitrogen and oxygen atoms in total. The van der Waals surface area contributed by atoms with Crippen LogP contribution >= 0.6 is 0 Å². The molecule has 2 heteroatoms. The maximum absolute atomic E-state index is 9.76. The lowest BCUT2D eigenvalue weighted by atomic mass is 10.1. The van der Waals surface area contributed by atoms with Crippen LogP contribution in [-0.2, 0) is 4.79 Å². The highest BCUT2D eigenvalue weighted by atomic mass is 16.1. The molecule has 0 bridgehead atoms. The standard InChI is InChI=1S/C14H26NO/c1-2-3-4-5-6-7-8-9-10-11-12-13-15-14-16/h13H,2-12H2,1H3. The Bertz CT molecular complexity index is 174. The topological polar surface area (TPSA) is 29.4 Å². The number of hydrogen-bond donors (Lipinski definition) is 0. The molecule has 0 aromatic carbocycles. The molecule has 0 aromatic heterocycles. The monoisotopic (exact) mass is 224 g/mol. The van der Waals surface area contributed by atoms with E-state index in [-0.39, 0.29) is 0 Å². The number of nitrogens with zero attached hydrogens (tertiary/aromatic N) is 1. The van der Waals surface area contributed by atoms with Crippen LogP contribution in [0.3, 0.4) is 0 Å². The molecule has 0 aliphatic heterocycles. The van der Waals surface area contributed by atoms with Gasteiger partial charge in [0, 0.05) is 0 Å². The van der Waals surface area contributed by atoms with Crippen LogP contribution in [0.15, 0.2) is 4.99 Å². The molecule has 16 heavy (non-hydrogen) atoms. The minimum Gasteiger partial charge on any atom is -0.211 e. The number of hydrogen-bond acceptors (Lipinski definition) is 2. The van der Waals surface area contributed by atoms with Crippen LogP contribution < -0.4 is 0 Å². The molecular formula is C14H26NO. The van der Waals surface area contributed by atoms with Gasteiger partial charge in [-0.25, -0.2) is 9.79 Å². The summed E-state index contributed by atoms with van der Waals surface area (Å²) in [4.78, 5) is 13.2. The van der Waals surface area contributed by atoms with Gasteiger partial charge in [0.1, 0.15) is 0 Å². The maximum Gasteiger partial charge on any atom is 0.235 e. The molecule has 0 spiro atoms. The number of unbranched alkanes of at least 4 members (excludes halogenated alkanes) is 10. The Morgan fingerprint density at radius 2 is 1.38 bits per heavy atom. The lowest BCUT2D eigenvalue weighted by Crippen LogP contribution is -1.82. The summed E-state index contributed by atoms with van der Waals surface area (Å²) in [7, 11) is 0. The fourth-order valence-electron chi connectivity index (χ4n) is 1.82. The van der Waals surface area contributed by atoms with Gasteiger partial charge < -0.3 is 0 Å². The Hall–Kier alpha value is -0.620. The first-order valence-electron chi connectivity index (χ1n) is 6.80. The van der Waals surface area contributed by atoms with Gasteiger partial charge in [-0.05, 0) is 6.42 Å². The Labute approximate surface area is 101 Å². The third-order valence-corrected chi connectivity index (χ3v) is 2.83. The predicted molar refractivity (Wildman–Crippen MR) is 68.9 cm³/mol. The second-order valence-electron chi connectivity index (χ2n) is 4.37. The molecule has 0 saturated heterocycles. The van der Waals surface area contributed by atoms with Crippen molar-refractivity contribution < 1.29 is 4.79 Å². The SMILES string of the molecule is CCCCCCCCCCCC[CH]N=C=O. The average molecular weight is 224 g/mol. The van der Waals surface area contributed by atoms with Crippen LogP contribution in [0.5, 0.6) is 0 Å². The Morgan fingerprint density at radius 1 is 0.875 bits per heavy atom. The fourth-order valence-corrected chi connectivity index (χ4v) is 1.82. The highest BCUT2D eigenvalue weighted by Gasteiger charge is 1.92. The third-order valence-electron chi connectivity index (χ3n) is 2.83. The van der Waals surface area contributed by atoms with Crippen LogP contribution in [0.1, 0.15) is 77.6 Å². The average Bonchev–Trinajstić information content (AvgIpc) is 2.31. The highest BCUT2D eigenvalue weighted by Crippen LogP contribution is 2.11. The Kier molecular flexibility index (Phi) is 13.8. The minimum absolute atomic E-state index is 0.922. The van der Waals surface area contributed by atoms with Crippen molar-refractivity contribution in [3.05, 3.63) is 6.54 Å². The first-order chi connectivity index (χ1) is 7.91. The van der Waals surface area contributed by atoms with Crippen LogP contribution in [0, 0.1) is 6.54 Å². The smallest absolute Gasteiger partial charge is 0.211 e. The summed E-state index contributed by atoms with van der Waals surface area (Å²) in [6.45, 7) is 3.92. The van der Waals surface area contributed by atoms with Crippen LogP contribution in [0.2, 0.25) is 0 Å². The summed E-state index contributed by atoms with van der Waals surface area (Å²) in [5, 5.41) is 0. The van der Waals surface area contributed by atoms with Crippen molar-refractivity contribution in [1.29, 1.82) is 0 Å². The number of rotatable bonds is 12. The zero-order chi connectivity index (χ0) is 11.9. The third kappa shape index (κ3) is 13.4. The predicted octanol–water partition coefficient (Wildman–Crippen LogP) is 4.79. The van der Waals surface area contributed by atoms with Crippen molar-refractivity contribution in [3.63, 3.8) is 0 Å². The van der Waals surface area contributed by atoms with E-state index in [1.165, 1.54) is 63.9 Å². The molecule has 0 heterocycles. The molecule has 0 aliphatic carbocycles. The quantitative estimate of drug-likeness (QED) is 0.266. The van der Waals surface area contributed by atoms with Crippen LogP contribution in [-0.4, -0.2) is 6.08 Å². The summed E-state index contributed by atoms with van der Waals surface area (Å²) in [5.41, 5.74) is 0. The highest BCUT2D eigenvalue weighted by molar-refractivity contribution is 5.33. The number of carbonyl (C=O) groups excluding carboxylic acids is 1. The molecule has 1 radical (unpaired) electrons. The van der Waals surface area contributed by atoms with Gasteiger partial charge in [0.25, 0.3) is 0 Å². The van der Waals surface area contributed by atoms with E-state index in [0.717, 1.165) is 12.8 Å². The van der Waals surface area contributed by atoms with E-state index in [1.807, 2.05) is 0 Å². The van der Waals surface area contributed by atoms with Crippen molar-refractivity contribution in [2.24, 2.45) is 4.99 Å². The molecule has 0 N–H and O–H groups in total. The van der Waals surface area contributed by atoms with E-state index in [1.54, 1.807) is 6.54 Å². The summed E-state index contributed by atoms with van der Waals surface area (Å²) >= 11 is 0. The summed E-state index contributed by atoms with van der Waals surface area (Å²) < 4.78 is 0. The fraction of sp³-hybridized carbons (Fsp3) is 0.857. The lowest BCUT2D eigenvalue weighted by molar-refractivity contribution is 0.553. The van der Waals surface area contributed by atoms with Gasteiger partial charge in [0.2, 0.25) is 6.08 Å². The molecule has 0 aromatic rings. The first kappa shape index (κ1) is 15.4. The zero-order valence-corrected chi connectivity index (χ0v) is 10.7. The number of isocyanates is 1. The summed E-state index contributed by atoms with van der Waals surface area (Å²) in [6.07, 6.45) is 15.9. The molecule has 0 atom stereocenters. The molecule has 0 unspecified atom stereocenters. The molecule has 0 saturated carbocycles. The summed E-state index contributed by atoms with van der Waals surface area (Å²) in [5.74, 6) is 0. The van der Waals surface area contributed by atoms with Gasteiger partial charge in [-0.3, -0.25) is 0 Å². The van der Waals surface area contributed by atoms with Crippen molar-refractivity contribution in [3.8, 4) is 0 Å². The van der Waals surface area contributed by atoms with E-state index < -0.39 is 0 Å². The van der Waals surface area contributed by atoms with Crippen molar-refractivity contribution in [2.75, 3.05) is 0 Å². The lowest BCUT2D eigenvalue weighted by Gasteiger charge is -2.01. The minimum atomic E-state index is 0.922. The maximum atomic E-state index is 9.76. The van der Waals surface area contributed by atoms with Gasteiger partial charge in [-0.1, -0.05) is 71.1 Å². The molecule has 0 fully saturated rings. The Morgan fingerprint density at radius 3 is 1.88 bits per heavy atom. The zero-order valence-electron chi connectivity index (χ0n) is 10.7. The van der Waals surface area contributed by atoms with E-state index in [0.29, 0.717) is 0 Å². The summed E-state index contributed by atoms with van der Waals surface area (Å²) in [6, 6.07) is 0. The van der Waals surface area contributed by atoms with Gasteiger partial charge in [0.15, 0.2) is 0 Å². The second kappa shape index (κ2) is 14.4. The normalized spacial score (nSPS) is 10.1. The van der Waals surface area contributed by atoms with Crippen molar-refractivity contribution in [2.45, 2.75) is 77.6 Å². The van der Waals surface area contributed by atoms with Crippen molar-refractivity contribution >= 4 is 6.08 Å². The van der Waals surface area contributed by atoms with E-state index in [9.17, 15) is 4.79 Å². The van der Waals surface area contributed by atoms with Gasteiger partial charge in [0.05, 0.1) is 6.54 Å². The largest absolute Gasteiger partial charge is 0.235 e. The molecule has 0 rings (SSSR count). The second-order valence-corrected chi connectivity index (χ2v) is 4.37. The molecule has 0 amide bonds. The van der Waals surface area contributed by atoms with Crippen LogP contribution in [0.25, 0.3) is 0 Å². The van der Waals surface area contributed by atoms with E-state index in [4.69, 9.17) is 0 Å². The first-order valence-corrected chi connectivity index (χ1v) is 6.80. The van der Waals surface area contributed by atoms with Gasteiger partial charge in [-0.15, -0.1) is 0 Å².